The van der Waals surface area contributed by atoms with Gasteiger partial charge in [-0.3, -0.25) is 4.79 Å². The molecule has 1 aromatic carbocycles. The number of fused-ring (bicyclic) bond motifs is 2. The Kier molecular flexibility index (Phi) is 2.95. The first-order chi connectivity index (χ1) is 8.24. The summed E-state index contributed by atoms with van der Waals surface area (Å²) < 4.78 is 0.955. The van der Waals surface area contributed by atoms with E-state index in [0.717, 1.165) is 22.5 Å². The third-order valence-electron chi connectivity index (χ3n) is 4.21. The van der Waals surface area contributed by atoms with Crippen LogP contribution in [0, 0.1) is 17.8 Å². The zero-order chi connectivity index (χ0) is 11.8. The number of hydrogen-bond acceptors (Lipinski definition) is 1. The zero-order valence-corrected chi connectivity index (χ0v) is 11.2. The van der Waals surface area contributed by atoms with Crippen molar-refractivity contribution in [1.82, 2.24) is 0 Å². The first kappa shape index (κ1) is 11.3. The number of amides is 1. The molecule has 0 spiro atoms. The molecule has 3 heteroatoms. The van der Waals surface area contributed by atoms with Gasteiger partial charge in [-0.25, -0.2) is 0 Å². The lowest BCUT2D eigenvalue weighted by Gasteiger charge is -2.21. The average molecular weight is 294 g/mol. The van der Waals surface area contributed by atoms with Crippen molar-refractivity contribution in [2.75, 3.05) is 5.32 Å². The summed E-state index contributed by atoms with van der Waals surface area (Å²) in [6, 6.07) is 7.80. The summed E-state index contributed by atoms with van der Waals surface area (Å²) >= 11 is 3.46. The Labute approximate surface area is 110 Å². The molecule has 2 nitrogen and oxygen atoms in total. The Balaban J connectivity index is 1.70. The molecule has 0 heterocycles. The largest absolute Gasteiger partial charge is 0.325 e. The Morgan fingerprint density at radius 2 is 2.06 bits per heavy atom. The summed E-state index contributed by atoms with van der Waals surface area (Å²) in [6.45, 7) is 0. The topological polar surface area (TPSA) is 29.1 Å². The van der Waals surface area contributed by atoms with Gasteiger partial charge in [-0.2, -0.15) is 0 Å². The van der Waals surface area contributed by atoms with Gasteiger partial charge in [0.1, 0.15) is 0 Å². The molecule has 2 aliphatic rings. The number of anilines is 1. The van der Waals surface area contributed by atoms with E-state index in [-0.39, 0.29) is 11.8 Å². The molecule has 3 rings (SSSR count). The maximum absolute atomic E-state index is 12.2. The van der Waals surface area contributed by atoms with Gasteiger partial charge in [-0.05, 0) is 59.2 Å². The van der Waals surface area contributed by atoms with Crippen molar-refractivity contribution in [2.45, 2.75) is 25.7 Å². The highest BCUT2D eigenvalue weighted by molar-refractivity contribution is 9.10. The van der Waals surface area contributed by atoms with Gasteiger partial charge in [0.05, 0.1) is 5.69 Å². The number of carbonyl (C=O) groups is 1. The summed E-state index contributed by atoms with van der Waals surface area (Å²) in [6.07, 6.45) is 4.96. The van der Waals surface area contributed by atoms with Crippen molar-refractivity contribution in [2.24, 2.45) is 17.8 Å². The lowest BCUT2D eigenvalue weighted by Crippen LogP contribution is -2.27. The van der Waals surface area contributed by atoms with Gasteiger partial charge in [-0.15, -0.1) is 0 Å². The van der Waals surface area contributed by atoms with Crippen LogP contribution in [0.2, 0.25) is 0 Å². The summed E-state index contributed by atoms with van der Waals surface area (Å²) in [7, 11) is 0. The molecule has 0 aliphatic heterocycles. The predicted octanol–water partition coefficient (Wildman–Crippen LogP) is 3.82. The van der Waals surface area contributed by atoms with Crippen LogP contribution >= 0.6 is 15.9 Å². The van der Waals surface area contributed by atoms with Gasteiger partial charge in [-0.1, -0.05) is 18.6 Å². The van der Waals surface area contributed by atoms with E-state index in [9.17, 15) is 4.79 Å². The Morgan fingerprint density at radius 3 is 2.71 bits per heavy atom. The molecular weight excluding hydrogens is 278 g/mol. The average Bonchev–Trinajstić information content (AvgIpc) is 2.94. The van der Waals surface area contributed by atoms with Crippen molar-refractivity contribution >= 4 is 27.5 Å². The van der Waals surface area contributed by atoms with Gasteiger partial charge < -0.3 is 5.32 Å². The molecule has 0 aromatic heterocycles. The number of rotatable bonds is 2. The maximum Gasteiger partial charge on any atom is 0.227 e. The minimum absolute atomic E-state index is 0.212. The van der Waals surface area contributed by atoms with Crippen molar-refractivity contribution in [3.8, 4) is 0 Å². The van der Waals surface area contributed by atoms with Crippen LogP contribution in [-0.4, -0.2) is 5.91 Å². The third kappa shape index (κ3) is 2.13. The fourth-order valence-corrected chi connectivity index (χ4v) is 3.74. The van der Waals surface area contributed by atoms with E-state index in [4.69, 9.17) is 0 Å². The quantitative estimate of drug-likeness (QED) is 0.882. The van der Waals surface area contributed by atoms with E-state index in [0.29, 0.717) is 5.92 Å². The first-order valence-corrected chi connectivity index (χ1v) is 7.08. The van der Waals surface area contributed by atoms with E-state index in [1.807, 2.05) is 24.3 Å². The van der Waals surface area contributed by atoms with Crippen molar-refractivity contribution < 1.29 is 4.79 Å². The number of benzene rings is 1. The SMILES string of the molecule is O=C(Nc1ccccc1Br)[C@H]1C[C@H]2CC[C@H]1C2. The fourth-order valence-electron chi connectivity index (χ4n) is 3.35. The molecule has 2 bridgehead atoms. The number of nitrogens with one attached hydrogen (secondary N) is 1. The lowest BCUT2D eigenvalue weighted by atomic mass is 9.88. The molecule has 0 radical (unpaired) electrons. The number of halogens is 1. The standard InChI is InChI=1S/C14H16BrNO/c15-12-3-1-2-4-13(12)16-14(17)11-8-9-5-6-10(11)7-9/h1-4,9-11H,5-8H2,(H,16,17)/t9-,10-,11-/m0/s1. The van der Waals surface area contributed by atoms with Crippen LogP contribution in [0.25, 0.3) is 0 Å². The number of hydrogen-bond donors (Lipinski definition) is 1. The highest BCUT2D eigenvalue weighted by atomic mass is 79.9. The van der Waals surface area contributed by atoms with Crippen LogP contribution in [-0.2, 0) is 4.79 Å². The second kappa shape index (κ2) is 4.45. The molecule has 2 aliphatic carbocycles. The molecule has 90 valence electrons. The lowest BCUT2D eigenvalue weighted by molar-refractivity contribution is -0.121. The van der Waals surface area contributed by atoms with Crippen LogP contribution < -0.4 is 5.32 Å². The summed E-state index contributed by atoms with van der Waals surface area (Å²) in [5, 5.41) is 3.05. The van der Waals surface area contributed by atoms with Crippen molar-refractivity contribution in [3.05, 3.63) is 28.7 Å². The Hall–Kier alpha value is -0.830. The molecule has 0 saturated heterocycles. The van der Waals surface area contributed by atoms with Gasteiger partial charge in [0.25, 0.3) is 0 Å². The molecular formula is C14H16BrNO. The Morgan fingerprint density at radius 1 is 1.24 bits per heavy atom. The zero-order valence-electron chi connectivity index (χ0n) is 9.66. The normalized spacial score (nSPS) is 30.5. The van der Waals surface area contributed by atoms with E-state index >= 15 is 0 Å². The van der Waals surface area contributed by atoms with Gasteiger partial charge in [0.15, 0.2) is 0 Å². The molecule has 2 saturated carbocycles. The molecule has 2 fully saturated rings. The van der Waals surface area contributed by atoms with Crippen LogP contribution in [0.15, 0.2) is 28.7 Å². The number of carbonyl (C=O) groups excluding carboxylic acids is 1. The summed E-state index contributed by atoms with van der Waals surface area (Å²) in [5.41, 5.74) is 0.889. The highest BCUT2D eigenvalue weighted by Crippen LogP contribution is 2.48. The molecule has 1 amide bonds. The van der Waals surface area contributed by atoms with Crippen molar-refractivity contribution in [1.29, 1.82) is 0 Å². The minimum Gasteiger partial charge on any atom is -0.325 e. The fraction of sp³-hybridized carbons (Fsp3) is 0.500. The van der Waals surface area contributed by atoms with Gasteiger partial charge >= 0.3 is 0 Å². The van der Waals surface area contributed by atoms with Crippen LogP contribution in [0.3, 0.4) is 0 Å². The highest BCUT2D eigenvalue weighted by Gasteiger charge is 2.43. The smallest absolute Gasteiger partial charge is 0.227 e. The third-order valence-corrected chi connectivity index (χ3v) is 4.90. The molecule has 3 atom stereocenters. The van der Waals surface area contributed by atoms with Crippen LogP contribution in [0.1, 0.15) is 25.7 Å². The summed E-state index contributed by atoms with van der Waals surface area (Å²) in [4.78, 5) is 12.2. The van der Waals surface area contributed by atoms with E-state index in [1.54, 1.807) is 0 Å². The maximum atomic E-state index is 12.2. The van der Waals surface area contributed by atoms with Crippen molar-refractivity contribution in [3.63, 3.8) is 0 Å². The molecule has 0 unspecified atom stereocenters. The first-order valence-electron chi connectivity index (χ1n) is 6.29. The molecule has 17 heavy (non-hydrogen) atoms. The number of para-hydroxylation sites is 1. The summed E-state index contributed by atoms with van der Waals surface area (Å²) in [5.74, 6) is 1.92. The van der Waals surface area contributed by atoms with E-state index < -0.39 is 0 Å². The monoisotopic (exact) mass is 293 g/mol. The predicted molar refractivity (Wildman–Crippen MR) is 71.7 cm³/mol. The van der Waals surface area contributed by atoms with E-state index in [1.165, 1.54) is 19.3 Å². The second-order valence-corrected chi connectivity index (χ2v) is 6.10. The van der Waals surface area contributed by atoms with Gasteiger partial charge in [0.2, 0.25) is 5.91 Å². The van der Waals surface area contributed by atoms with E-state index in [2.05, 4.69) is 21.2 Å². The van der Waals surface area contributed by atoms with Crippen LogP contribution in [0.4, 0.5) is 5.69 Å². The van der Waals surface area contributed by atoms with Gasteiger partial charge in [0, 0.05) is 10.4 Å². The molecule has 1 N–H and O–H groups in total. The Bertz CT molecular complexity index is 446. The second-order valence-electron chi connectivity index (χ2n) is 5.25. The van der Waals surface area contributed by atoms with Crippen LogP contribution in [0.5, 0.6) is 0 Å². The molecule has 1 aromatic rings. The minimum atomic E-state index is 0.212.